The summed E-state index contributed by atoms with van der Waals surface area (Å²) in [4.78, 5) is 15.8. The van der Waals surface area contributed by atoms with E-state index in [4.69, 9.17) is 9.81 Å². The molecule has 0 saturated carbocycles. The van der Waals surface area contributed by atoms with Crippen molar-refractivity contribution in [3.8, 4) is 6.07 Å². The molecule has 1 aromatic heterocycles. The average molecular weight is 358 g/mol. The summed E-state index contributed by atoms with van der Waals surface area (Å²) in [6.07, 6.45) is 2.82. The summed E-state index contributed by atoms with van der Waals surface area (Å²) in [6.45, 7) is 1.88. The largest absolute Gasteiger partial charge is 0.345 e. The highest BCUT2D eigenvalue weighted by Crippen LogP contribution is 2.14. The topological polar surface area (TPSA) is 132 Å². The van der Waals surface area contributed by atoms with E-state index >= 15 is 0 Å². The molecule has 0 unspecified atom stereocenters. The van der Waals surface area contributed by atoms with Crippen molar-refractivity contribution < 1.29 is 17.8 Å². The number of hydrogen-bond donors (Lipinski definition) is 3. The van der Waals surface area contributed by atoms with Gasteiger partial charge in [0.1, 0.15) is 17.5 Å². The maximum absolute atomic E-state index is 12.1. The number of benzene rings is 1. The van der Waals surface area contributed by atoms with E-state index in [0.717, 1.165) is 17.7 Å². The molecule has 25 heavy (non-hydrogen) atoms. The molecule has 0 aliphatic carbocycles. The summed E-state index contributed by atoms with van der Waals surface area (Å²) in [5.74, 6) is -0.194. The third-order valence-electron chi connectivity index (χ3n) is 3.05. The molecule has 0 spiro atoms. The van der Waals surface area contributed by atoms with Crippen molar-refractivity contribution in [2.45, 2.75) is 11.8 Å². The minimum Gasteiger partial charge on any atom is -0.345 e. The lowest BCUT2D eigenvalue weighted by molar-refractivity contribution is -0.112. The van der Waals surface area contributed by atoms with Crippen molar-refractivity contribution in [2.75, 3.05) is 10.6 Å². The normalized spacial score (nSPS) is 11.5. The van der Waals surface area contributed by atoms with E-state index in [0.29, 0.717) is 5.82 Å². The molecule has 2 aromatic rings. The van der Waals surface area contributed by atoms with Gasteiger partial charge in [-0.2, -0.15) is 13.7 Å². The van der Waals surface area contributed by atoms with Gasteiger partial charge in [0.05, 0.1) is 4.90 Å². The quantitative estimate of drug-likeness (QED) is 0.423. The number of nitrogens with zero attached hydrogens (tertiary/aromatic N) is 2. The Balaban J connectivity index is 2.09. The van der Waals surface area contributed by atoms with Crippen LogP contribution < -0.4 is 10.6 Å². The molecule has 2 rings (SSSR count). The van der Waals surface area contributed by atoms with E-state index in [9.17, 15) is 13.2 Å². The van der Waals surface area contributed by atoms with E-state index in [1.165, 1.54) is 18.3 Å². The summed E-state index contributed by atoms with van der Waals surface area (Å²) < 4.78 is 30.8. The molecule has 8 nitrogen and oxygen atoms in total. The van der Waals surface area contributed by atoms with Gasteiger partial charge in [-0.15, -0.1) is 0 Å². The lowest BCUT2D eigenvalue weighted by atomic mass is 10.2. The molecule has 0 aliphatic heterocycles. The monoisotopic (exact) mass is 358 g/mol. The van der Waals surface area contributed by atoms with Crippen LogP contribution in [0.4, 0.5) is 11.5 Å². The molecule has 128 valence electrons. The molecule has 0 radical (unpaired) electrons. The summed E-state index contributed by atoms with van der Waals surface area (Å²) in [6, 6.07) is 10.2. The fourth-order valence-electron chi connectivity index (χ4n) is 1.82. The number of carbonyl (C=O) groups excluding carboxylic acids is 1. The predicted octanol–water partition coefficient (Wildman–Crippen LogP) is 2.09. The van der Waals surface area contributed by atoms with Crippen molar-refractivity contribution in [3.05, 3.63) is 59.9 Å². The molecule has 0 saturated heterocycles. The number of pyridine rings is 1. The zero-order chi connectivity index (χ0) is 18.4. The maximum atomic E-state index is 12.1. The van der Waals surface area contributed by atoms with Gasteiger partial charge in [-0.1, -0.05) is 0 Å². The lowest BCUT2D eigenvalue weighted by Gasteiger charge is -2.06. The van der Waals surface area contributed by atoms with Gasteiger partial charge in [0, 0.05) is 18.1 Å². The van der Waals surface area contributed by atoms with Gasteiger partial charge in [0.15, 0.2) is 0 Å². The third kappa shape index (κ3) is 5.13. The second-order valence-corrected chi connectivity index (χ2v) is 6.41. The lowest BCUT2D eigenvalue weighted by Crippen LogP contribution is -2.14. The van der Waals surface area contributed by atoms with Gasteiger partial charge in [0.2, 0.25) is 0 Å². The van der Waals surface area contributed by atoms with Gasteiger partial charge in [0.25, 0.3) is 16.0 Å². The highest BCUT2D eigenvalue weighted by atomic mass is 32.2. The van der Waals surface area contributed by atoms with Crippen molar-refractivity contribution in [1.29, 1.82) is 5.26 Å². The Bertz CT molecular complexity index is 960. The second kappa shape index (κ2) is 7.57. The van der Waals surface area contributed by atoms with E-state index < -0.39 is 16.0 Å². The number of aryl methyl sites for hydroxylation is 1. The number of rotatable bonds is 5. The Labute approximate surface area is 144 Å². The fraction of sp³-hybridized carbons (Fsp3) is 0.0625. The molecule has 1 heterocycles. The van der Waals surface area contributed by atoms with Crippen LogP contribution in [-0.4, -0.2) is 23.9 Å². The molecule has 1 aromatic carbocycles. The molecule has 0 atom stereocenters. The Morgan fingerprint density at radius 1 is 1.28 bits per heavy atom. The summed E-state index contributed by atoms with van der Waals surface area (Å²) >= 11 is 0. The highest BCUT2D eigenvalue weighted by Gasteiger charge is 2.12. The molecular formula is C16H14N4O4S. The molecule has 0 fully saturated rings. The SMILES string of the molecule is Cc1ccnc(N/C=C(/C#N)C(=O)Nc2ccc(S(=O)(=O)O)cc2)c1. The number of anilines is 2. The first-order valence-corrected chi connectivity index (χ1v) is 8.42. The third-order valence-corrected chi connectivity index (χ3v) is 3.92. The first-order valence-electron chi connectivity index (χ1n) is 6.98. The van der Waals surface area contributed by atoms with E-state index in [1.54, 1.807) is 18.3 Å². The standard InChI is InChI=1S/C16H14N4O4S/c1-11-6-7-18-15(8-11)19-10-12(9-17)16(21)20-13-2-4-14(5-3-13)25(22,23)24/h2-8,10H,1H3,(H,18,19)(H,20,21)(H,22,23,24)/b12-10-. The van der Waals surface area contributed by atoms with Crippen molar-refractivity contribution in [2.24, 2.45) is 0 Å². The van der Waals surface area contributed by atoms with Crippen LogP contribution in [0.2, 0.25) is 0 Å². The smallest absolute Gasteiger partial charge is 0.294 e. The van der Waals surface area contributed by atoms with Crippen molar-refractivity contribution >= 4 is 27.5 Å². The van der Waals surface area contributed by atoms with Crippen LogP contribution in [0.5, 0.6) is 0 Å². The Morgan fingerprint density at radius 2 is 1.96 bits per heavy atom. The van der Waals surface area contributed by atoms with Crippen LogP contribution in [0.1, 0.15) is 5.56 Å². The number of hydrogen-bond acceptors (Lipinski definition) is 6. The van der Waals surface area contributed by atoms with Crippen LogP contribution in [0.25, 0.3) is 0 Å². The van der Waals surface area contributed by atoms with Crippen molar-refractivity contribution in [3.63, 3.8) is 0 Å². The number of nitriles is 1. The Hall–Kier alpha value is -3.22. The van der Waals surface area contributed by atoms with Crippen LogP contribution in [0, 0.1) is 18.3 Å². The highest BCUT2D eigenvalue weighted by molar-refractivity contribution is 7.85. The average Bonchev–Trinajstić information content (AvgIpc) is 2.55. The minimum absolute atomic E-state index is 0.192. The molecule has 0 aliphatic rings. The molecular weight excluding hydrogens is 344 g/mol. The van der Waals surface area contributed by atoms with Crippen LogP contribution >= 0.6 is 0 Å². The van der Waals surface area contributed by atoms with Gasteiger partial charge in [-0.05, 0) is 48.9 Å². The molecule has 0 bridgehead atoms. The van der Waals surface area contributed by atoms with Crippen LogP contribution in [0.3, 0.4) is 0 Å². The first-order chi connectivity index (χ1) is 11.8. The second-order valence-electron chi connectivity index (χ2n) is 4.99. The molecule has 1 amide bonds. The van der Waals surface area contributed by atoms with E-state index in [2.05, 4.69) is 15.6 Å². The molecule has 9 heteroatoms. The van der Waals surface area contributed by atoms with Crippen LogP contribution in [0.15, 0.2) is 59.3 Å². The maximum Gasteiger partial charge on any atom is 0.294 e. The zero-order valence-corrected chi connectivity index (χ0v) is 13.9. The van der Waals surface area contributed by atoms with Gasteiger partial charge in [-0.3, -0.25) is 9.35 Å². The number of aromatic nitrogens is 1. The van der Waals surface area contributed by atoms with Gasteiger partial charge < -0.3 is 10.6 Å². The summed E-state index contributed by atoms with van der Waals surface area (Å²) in [5.41, 5.74) is 1.04. The number of amides is 1. The summed E-state index contributed by atoms with van der Waals surface area (Å²) in [7, 11) is -4.31. The number of carbonyl (C=O) groups is 1. The van der Waals surface area contributed by atoms with Gasteiger partial charge >= 0.3 is 0 Å². The number of nitrogens with one attached hydrogen (secondary N) is 2. The molecule has 3 N–H and O–H groups in total. The first kappa shape index (κ1) is 18.1. The summed E-state index contributed by atoms with van der Waals surface area (Å²) in [5, 5.41) is 14.3. The van der Waals surface area contributed by atoms with Crippen LogP contribution in [-0.2, 0) is 14.9 Å². The zero-order valence-electron chi connectivity index (χ0n) is 13.1. The van der Waals surface area contributed by atoms with E-state index in [-0.39, 0.29) is 16.2 Å². The Morgan fingerprint density at radius 3 is 2.52 bits per heavy atom. The Kier molecular flexibility index (Phi) is 5.49. The van der Waals surface area contributed by atoms with Gasteiger partial charge in [-0.25, -0.2) is 4.98 Å². The minimum atomic E-state index is -4.31. The fourth-order valence-corrected chi connectivity index (χ4v) is 2.30. The predicted molar refractivity (Wildman–Crippen MR) is 91.2 cm³/mol. The van der Waals surface area contributed by atoms with Crippen molar-refractivity contribution in [1.82, 2.24) is 4.98 Å². The van der Waals surface area contributed by atoms with E-state index in [1.807, 2.05) is 13.0 Å².